The highest BCUT2D eigenvalue weighted by Crippen LogP contribution is 2.21. The SMILES string of the molecule is Cc1ccc(C)c(-c2noc(C=O)n2)c1. The van der Waals surface area contributed by atoms with Crippen molar-refractivity contribution in [2.75, 3.05) is 0 Å². The van der Waals surface area contributed by atoms with E-state index in [1.807, 2.05) is 32.0 Å². The first-order valence-corrected chi connectivity index (χ1v) is 4.57. The fourth-order valence-corrected chi connectivity index (χ4v) is 1.37. The van der Waals surface area contributed by atoms with Crippen molar-refractivity contribution in [2.45, 2.75) is 13.8 Å². The molecule has 0 amide bonds. The van der Waals surface area contributed by atoms with E-state index in [0.717, 1.165) is 16.7 Å². The molecule has 0 saturated heterocycles. The molecule has 0 aliphatic carbocycles. The highest BCUT2D eigenvalue weighted by atomic mass is 16.5. The van der Waals surface area contributed by atoms with E-state index in [-0.39, 0.29) is 5.89 Å². The van der Waals surface area contributed by atoms with Gasteiger partial charge in [0.2, 0.25) is 12.1 Å². The lowest BCUT2D eigenvalue weighted by Gasteiger charge is -2.01. The summed E-state index contributed by atoms with van der Waals surface area (Å²) in [6.45, 7) is 3.95. The molecule has 0 N–H and O–H groups in total. The van der Waals surface area contributed by atoms with Gasteiger partial charge in [0.15, 0.2) is 0 Å². The predicted molar refractivity (Wildman–Crippen MR) is 54.6 cm³/mol. The number of carbonyl (C=O) groups is 1. The van der Waals surface area contributed by atoms with Gasteiger partial charge in [0.1, 0.15) is 0 Å². The second kappa shape index (κ2) is 3.65. The average molecular weight is 202 g/mol. The van der Waals surface area contributed by atoms with Crippen LogP contribution in [0.3, 0.4) is 0 Å². The van der Waals surface area contributed by atoms with Gasteiger partial charge in [0, 0.05) is 5.56 Å². The van der Waals surface area contributed by atoms with Gasteiger partial charge in [0.05, 0.1) is 0 Å². The van der Waals surface area contributed by atoms with E-state index in [1.54, 1.807) is 0 Å². The van der Waals surface area contributed by atoms with Crippen LogP contribution in [0.25, 0.3) is 11.4 Å². The molecule has 2 rings (SSSR count). The molecule has 15 heavy (non-hydrogen) atoms. The van der Waals surface area contributed by atoms with E-state index in [9.17, 15) is 4.79 Å². The second-order valence-electron chi connectivity index (χ2n) is 3.39. The summed E-state index contributed by atoms with van der Waals surface area (Å²) in [7, 11) is 0. The van der Waals surface area contributed by atoms with Crippen LogP contribution in [0.1, 0.15) is 21.8 Å². The quantitative estimate of drug-likeness (QED) is 0.700. The molecule has 1 aromatic heterocycles. The van der Waals surface area contributed by atoms with E-state index >= 15 is 0 Å². The number of aromatic nitrogens is 2. The van der Waals surface area contributed by atoms with E-state index in [1.165, 1.54) is 0 Å². The fourth-order valence-electron chi connectivity index (χ4n) is 1.37. The molecule has 4 nitrogen and oxygen atoms in total. The average Bonchev–Trinajstić information content (AvgIpc) is 2.70. The summed E-state index contributed by atoms with van der Waals surface area (Å²) in [5.74, 6) is 0.462. The molecule has 76 valence electrons. The number of aryl methyl sites for hydroxylation is 2. The first-order chi connectivity index (χ1) is 7.20. The van der Waals surface area contributed by atoms with Crippen LogP contribution in [0.5, 0.6) is 0 Å². The zero-order valence-electron chi connectivity index (χ0n) is 8.52. The molecule has 0 aliphatic rings. The summed E-state index contributed by atoms with van der Waals surface area (Å²) in [4.78, 5) is 14.4. The summed E-state index contributed by atoms with van der Waals surface area (Å²) in [5, 5.41) is 3.74. The highest BCUT2D eigenvalue weighted by molar-refractivity contribution is 5.69. The summed E-state index contributed by atoms with van der Waals surface area (Å²) >= 11 is 0. The molecule has 1 heterocycles. The third-order valence-corrected chi connectivity index (χ3v) is 2.18. The van der Waals surface area contributed by atoms with Crippen LogP contribution in [0.15, 0.2) is 22.7 Å². The standard InChI is InChI=1S/C11H10N2O2/c1-7-3-4-8(2)9(5-7)11-12-10(6-14)15-13-11/h3-6H,1-2H3. The van der Waals surface area contributed by atoms with Gasteiger partial charge < -0.3 is 4.52 Å². The second-order valence-corrected chi connectivity index (χ2v) is 3.39. The van der Waals surface area contributed by atoms with Crippen LogP contribution in [0, 0.1) is 13.8 Å². The van der Waals surface area contributed by atoms with Gasteiger partial charge in [-0.05, 0) is 25.5 Å². The van der Waals surface area contributed by atoms with Gasteiger partial charge in [0.25, 0.3) is 5.89 Å². The van der Waals surface area contributed by atoms with Crippen molar-refractivity contribution < 1.29 is 9.32 Å². The summed E-state index contributed by atoms with van der Waals surface area (Å²) < 4.78 is 4.73. The summed E-state index contributed by atoms with van der Waals surface area (Å²) in [6.07, 6.45) is 0.543. The van der Waals surface area contributed by atoms with Gasteiger partial charge in [-0.15, -0.1) is 0 Å². The van der Waals surface area contributed by atoms with Gasteiger partial charge in [-0.3, -0.25) is 4.79 Å². The highest BCUT2D eigenvalue weighted by Gasteiger charge is 2.09. The minimum absolute atomic E-state index is 0.00547. The molecular weight excluding hydrogens is 192 g/mol. The Bertz CT molecular complexity index is 503. The topological polar surface area (TPSA) is 56.0 Å². The van der Waals surface area contributed by atoms with Crippen molar-refractivity contribution in [3.63, 3.8) is 0 Å². The van der Waals surface area contributed by atoms with Gasteiger partial charge in [-0.2, -0.15) is 4.98 Å². The molecule has 0 spiro atoms. The lowest BCUT2D eigenvalue weighted by atomic mass is 10.1. The molecule has 0 radical (unpaired) electrons. The van der Waals surface area contributed by atoms with Crippen molar-refractivity contribution in [1.29, 1.82) is 0 Å². The zero-order valence-corrected chi connectivity index (χ0v) is 8.52. The van der Waals surface area contributed by atoms with Gasteiger partial charge in [-0.25, -0.2) is 0 Å². The maximum Gasteiger partial charge on any atom is 0.291 e. The van der Waals surface area contributed by atoms with Crippen LogP contribution in [-0.4, -0.2) is 16.4 Å². The Kier molecular flexibility index (Phi) is 2.33. The fraction of sp³-hybridized carbons (Fsp3) is 0.182. The number of rotatable bonds is 2. The normalized spacial score (nSPS) is 10.3. The molecular formula is C11H10N2O2. The molecule has 0 aliphatic heterocycles. The molecule has 4 heteroatoms. The Morgan fingerprint density at radius 2 is 2.13 bits per heavy atom. The van der Waals surface area contributed by atoms with Crippen molar-refractivity contribution in [2.24, 2.45) is 0 Å². The molecule has 0 saturated carbocycles. The zero-order chi connectivity index (χ0) is 10.8. The lowest BCUT2D eigenvalue weighted by molar-refractivity contribution is 0.108. The number of aldehydes is 1. The van der Waals surface area contributed by atoms with E-state index in [2.05, 4.69) is 10.1 Å². The molecule has 0 fully saturated rings. The largest absolute Gasteiger partial charge is 0.331 e. The Hall–Kier alpha value is -1.97. The molecule has 0 atom stereocenters. The molecule has 2 aromatic rings. The smallest absolute Gasteiger partial charge is 0.291 e. The number of carbonyl (C=O) groups excluding carboxylic acids is 1. The summed E-state index contributed by atoms with van der Waals surface area (Å²) in [5.41, 5.74) is 3.07. The number of nitrogens with zero attached hydrogens (tertiary/aromatic N) is 2. The third kappa shape index (κ3) is 1.79. The summed E-state index contributed by atoms with van der Waals surface area (Å²) in [6, 6.07) is 5.97. The minimum Gasteiger partial charge on any atom is -0.331 e. The number of benzene rings is 1. The lowest BCUT2D eigenvalue weighted by Crippen LogP contribution is -1.87. The predicted octanol–water partition coefficient (Wildman–Crippen LogP) is 2.17. The van der Waals surface area contributed by atoms with Crippen molar-refractivity contribution >= 4 is 6.29 Å². The van der Waals surface area contributed by atoms with E-state index < -0.39 is 0 Å². The van der Waals surface area contributed by atoms with Gasteiger partial charge in [-0.1, -0.05) is 22.9 Å². The number of hydrogen-bond acceptors (Lipinski definition) is 4. The van der Waals surface area contributed by atoms with E-state index in [0.29, 0.717) is 12.1 Å². The number of hydrogen-bond donors (Lipinski definition) is 0. The maximum atomic E-state index is 10.4. The van der Waals surface area contributed by atoms with Crippen LogP contribution < -0.4 is 0 Å². The molecule has 1 aromatic carbocycles. The Labute approximate surface area is 86.9 Å². The van der Waals surface area contributed by atoms with Crippen LogP contribution in [0.2, 0.25) is 0 Å². The first kappa shape index (κ1) is 9.58. The van der Waals surface area contributed by atoms with Crippen molar-refractivity contribution in [3.8, 4) is 11.4 Å². The third-order valence-electron chi connectivity index (χ3n) is 2.18. The van der Waals surface area contributed by atoms with Crippen LogP contribution in [0.4, 0.5) is 0 Å². The maximum absolute atomic E-state index is 10.4. The van der Waals surface area contributed by atoms with Crippen LogP contribution in [-0.2, 0) is 0 Å². The molecule has 0 bridgehead atoms. The Morgan fingerprint density at radius 1 is 1.33 bits per heavy atom. The van der Waals surface area contributed by atoms with E-state index in [4.69, 9.17) is 4.52 Å². The minimum atomic E-state index is 0.00547. The van der Waals surface area contributed by atoms with Crippen LogP contribution >= 0.6 is 0 Å². The van der Waals surface area contributed by atoms with Crippen molar-refractivity contribution in [3.05, 3.63) is 35.2 Å². The molecule has 0 unspecified atom stereocenters. The Morgan fingerprint density at radius 3 is 2.80 bits per heavy atom. The van der Waals surface area contributed by atoms with Crippen molar-refractivity contribution in [1.82, 2.24) is 10.1 Å². The Balaban J connectivity index is 2.52. The monoisotopic (exact) mass is 202 g/mol. The van der Waals surface area contributed by atoms with Gasteiger partial charge >= 0.3 is 0 Å². The first-order valence-electron chi connectivity index (χ1n) is 4.57.